The highest BCUT2D eigenvalue weighted by Crippen LogP contribution is 2.46. The molecule has 0 radical (unpaired) electrons. The number of thioether (sulfide) groups is 1. The molecule has 0 spiro atoms. The first-order valence-corrected chi connectivity index (χ1v) is 11.7. The first-order valence-electron chi connectivity index (χ1n) is 10.8. The van der Waals surface area contributed by atoms with Crippen molar-refractivity contribution < 1.29 is 4.79 Å². The molecule has 0 saturated carbocycles. The maximum Gasteiger partial charge on any atom is 0.261 e. The summed E-state index contributed by atoms with van der Waals surface area (Å²) in [4.78, 5) is 18.8. The monoisotopic (exact) mass is 406 g/mol. The fourth-order valence-corrected chi connectivity index (χ4v) is 5.47. The van der Waals surface area contributed by atoms with Crippen molar-refractivity contribution in [2.45, 2.75) is 37.5 Å². The van der Waals surface area contributed by atoms with E-state index < -0.39 is 0 Å². The number of benzene rings is 2. The smallest absolute Gasteiger partial charge is 0.261 e. The molecule has 2 aliphatic heterocycles. The highest BCUT2D eigenvalue weighted by Gasteiger charge is 2.36. The van der Waals surface area contributed by atoms with Crippen molar-refractivity contribution in [3.63, 3.8) is 0 Å². The summed E-state index contributed by atoms with van der Waals surface area (Å²) >= 11 is 1.69. The Bertz CT molecular complexity index is 813. The van der Waals surface area contributed by atoms with Crippen LogP contribution < -0.4 is 0 Å². The summed E-state index contributed by atoms with van der Waals surface area (Å²) in [6, 6.07) is 20.6. The van der Waals surface area contributed by atoms with Gasteiger partial charge in [-0.3, -0.25) is 4.79 Å². The molecule has 2 aromatic carbocycles. The van der Waals surface area contributed by atoms with Gasteiger partial charge in [-0.15, -0.1) is 0 Å². The van der Waals surface area contributed by atoms with Crippen molar-refractivity contribution in [2.24, 2.45) is 0 Å². The minimum Gasteiger partial charge on any atom is -0.322 e. The third-order valence-electron chi connectivity index (χ3n) is 5.75. The Balaban J connectivity index is 1.47. The fraction of sp³-hybridized carbons (Fsp3) is 0.400. The standard InChI is InChI=1S/C25H30N2OS/c28-24-23(20-21-12-5-3-6-13-21)29-25(22-14-7-4-8-15-22)27(24)19-11-18-26-16-9-1-2-10-17-26/h3-8,12-15,20,25H,1-2,9-11,16-19H2/t25-/m0/s1. The van der Waals surface area contributed by atoms with E-state index in [0.717, 1.165) is 30.0 Å². The summed E-state index contributed by atoms with van der Waals surface area (Å²) < 4.78 is 0. The highest BCUT2D eigenvalue weighted by atomic mass is 32.2. The minimum absolute atomic E-state index is 0.0720. The van der Waals surface area contributed by atoms with Gasteiger partial charge in [0, 0.05) is 6.54 Å². The van der Waals surface area contributed by atoms with Gasteiger partial charge in [0.05, 0.1) is 4.91 Å². The second kappa shape index (κ2) is 10.1. The van der Waals surface area contributed by atoms with Crippen molar-refractivity contribution >= 4 is 23.7 Å². The first kappa shape index (κ1) is 20.2. The maximum absolute atomic E-state index is 13.3. The van der Waals surface area contributed by atoms with Crippen LogP contribution in [-0.2, 0) is 4.79 Å². The van der Waals surface area contributed by atoms with E-state index in [9.17, 15) is 4.79 Å². The van der Waals surface area contributed by atoms with E-state index in [1.807, 2.05) is 30.3 Å². The summed E-state index contributed by atoms with van der Waals surface area (Å²) in [5.74, 6) is 0.170. The second-order valence-electron chi connectivity index (χ2n) is 7.91. The molecule has 2 saturated heterocycles. The van der Waals surface area contributed by atoms with Crippen LogP contribution in [0.2, 0.25) is 0 Å². The molecule has 0 aliphatic carbocycles. The molecular formula is C25H30N2OS. The van der Waals surface area contributed by atoms with E-state index in [1.165, 1.54) is 44.3 Å². The van der Waals surface area contributed by atoms with E-state index >= 15 is 0 Å². The van der Waals surface area contributed by atoms with Crippen LogP contribution >= 0.6 is 11.8 Å². The summed E-state index contributed by atoms with van der Waals surface area (Å²) in [5.41, 5.74) is 2.29. The van der Waals surface area contributed by atoms with Gasteiger partial charge in [-0.2, -0.15) is 0 Å². The molecular weight excluding hydrogens is 376 g/mol. The number of hydrogen-bond donors (Lipinski definition) is 0. The van der Waals surface area contributed by atoms with Crippen molar-refractivity contribution in [1.82, 2.24) is 9.80 Å². The first-order chi connectivity index (χ1) is 14.3. The molecule has 2 fully saturated rings. The molecule has 0 N–H and O–H groups in total. The average Bonchev–Trinajstić information content (AvgIpc) is 2.92. The predicted molar refractivity (Wildman–Crippen MR) is 122 cm³/mol. The van der Waals surface area contributed by atoms with Gasteiger partial charge >= 0.3 is 0 Å². The number of amides is 1. The Morgan fingerprint density at radius 2 is 1.52 bits per heavy atom. The molecule has 0 aromatic heterocycles. The topological polar surface area (TPSA) is 23.6 Å². The molecule has 3 nitrogen and oxygen atoms in total. The number of rotatable bonds is 6. The van der Waals surface area contributed by atoms with Gasteiger partial charge in [0.2, 0.25) is 0 Å². The number of hydrogen-bond acceptors (Lipinski definition) is 3. The SMILES string of the molecule is O=C1C(=Cc2ccccc2)S[C@@H](c2ccccc2)N1CCCN1CCCCCC1. The molecule has 4 heteroatoms. The van der Waals surface area contributed by atoms with Crippen molar-refractivity contribution in [3.05, 3.63) is 76.7 Å². The van der Waals surface area contributed by atoms with Gasteiger partial charge < -0.3 is 9.80 Å². The lowest BCUT2D eigenvalue weighted by atomic mass is 10.2. The van der Waals surface area contributed by atoms with Crippen LogP contribution in [0.3, 0.4) is 0 Å². The van der Waals surface area contributed by atoms with Gasteiger partial charge in [0.25, 0.3) is 5.91 Å². The molecule has 4 rings (SSSR count). The zero-order valence-electron chi connectivity index (χ0n) is 17.0. The second-order valence-corrected chi connectivity index (χ2v) is 9.03. The minimum atomic E-state index is 0.0720. The fourth-order valence-electron chi connectivity index (χ4n) is 4.19. The Kier molecular flexibility index (Phi) is 7.07. The summed E-state index contributed by atoms with van der Waals surface area (Å²) in [6.45, 7) is 4.33. The molecule has 152 valence electrons. The van der Waals surface area contributed by atoms with Crippen LogP contribution in [-0.4, -0.2) is 41.9 Å². The summed E-state index contributed by atoms with van der Waals surface area (Å²) in [7, 11) is 0. The Morgan fingerprint density at radius 1 is 0.862 bits per heavy atom. The maximum atomic E-state index is 13.3. The molecule has 29 heavy (non-hydrogen) atoms. The Morgan fingerprint density at radius 3 is 2.21 bits per heavy atom. The third-order valence-corrected chi connectivity index (χ3v) is 7.04. The van der Waals surface area contributed by atoms with Crippen LogP contribution in [0.1, 0.15) is 48.6 Å². The molecule has 2 heterocycles. The highest BCUT2D eigenvalue weighted by molar-refractivity contribution is 8.04. The lowest BCUT2D eigenvalue weighted by Gasteiger charge is -2.26. The van der Waals surface area contributed by atoms with E-state index in [4.69, 9.17) is 0 Å². The number of carbonyl (C=O) groups excluding carboxylic acids is 1. The quantitative estimate of drug-likeness (QED) is 0.586. The van der Waals surface area contributed by atoms with Gasteiger partial charge in [0.1, 0.15) is 5.37 Å². The van der Waals surface area contributed by atoms with E-state index in [-0.39, 0.29) is 11.3 Å². The number of nitrogens with zero attached hydrogens (tertiary/aromatic N) is 2. The van der Waals surface area contributed by atoms with Crippen LogP contribution in [0.15, 0.2) is 65.6 Å². The molecule has 2 aromatic rings. The van der Waals surface area contributed by atoms with Crippen LogP contribution in [0.4, 0.5) is 0 Å². The molecule has 1 amide bonds. The van der Waals surface area contributed by atoms with E-state index in [1.54, 1.807) is 11.8 Å². The average molecular weight is 407 g/mol. The van der Waals surface area contributed by atoms with Crippen LogP contribution in [0.25, 0.3) is 6.08 Å². The Hall–Kier alpha value is -2.04. The molecule has 0 bridgehead atoms. The normalized spacial score (nSPS) is 22.2. The number of carbonyl (C=O) groups is 1. The zero-order chi connectivity index (χ0) is 19.9. The predicted octanol–water partition coefficient (Wildman–Crippen LogP) is 5.57. The van der Waals surface area contributed by atoms with Crippen molar-refractivity contribution in [2.75, 3.05) is 26.2 Å². The third kappa shape index (κ3) is 5.31. The number of likely N-dealkylation sites (tertiary alicyclic amines) is 1. The van der Waals surface area contributed by atoms with Gasteiger partial charge in [-0.05, 0) is 56.1 Å². The largest absolute Gasteiger partial charge is 0.322 e. The zero-order valence-corrected chi connectivity index (χ0v) is 17.8. The lowest BCUT2D eigenvalue weighted by molar-refractivity contribution is -0.126. The molecule has 2 aliphatic rings. The Labute approximate surface area is 178 Å². The summed E-state index contributed by atoms with van der Waals surface area (Å²) in [5, 5.41) is 0.0720. The summed E-state index contributed by atoms with van der Waals surface area (Å²) in [6.07, 6.45) is 8.43. The van der Waals surface area contributed by atoms with E-state index in [0.29, 0.717) is 0 Å². The molecule has 0 unspecified atom stereocenters. The van der Waals surface area contributed by atoms with Crippen molar-refractivity contribution in [1.29, 1.82) is 0 Å². The van der Waals surface area contributed by atoms with Gasteiger partial charge in [-0.25, -0.2) is 0 Å². The lowest BCUT2D eigenvalue weighted by Crippen LogP contribution is -2.32. The van der Waals surface area contributed by atoms with Crippen LogP contribution in [0.5, 0.6) is 0 Å². The molecule has 1 atom stereocenters. The van der Waals surface area contributed by atoms with Crippen LogP contribution in [0, 0.1) is 0 Å². The van der Waals surface area contributed by atoms with Gasteiger partial charge in [-0.1, -0.05) is 85.3 Å². The van der Waals surface area contributed by atoms with E-state index in [2.05, 4.69) is 46.2 Å². The van der Waals surface area contributed by atoms with Gasteiger partial charge in [0.15, 0.2) is 0 Å². The van der Waals surface area contributed by atoms with Crippen molar-refractivity contribution in [3.8, 4) is 0 Å².